The molecule has 0 atom stereocenters. The summed E-state index contributed by atoms with van der Waals surface area (Å²) in [6.45, 7) is 0. The minimum Gasteiger partial charge on any atom is -0.0943 e. The van der Waals surface area contributed by atoms with Crippen LogP contribution in [0.2, 0.25) is 0 Å². The Labute approximate surface area is 43.5 Å². The first-order valence-corrected chi connectivity index (χ1v) is 2.21. The maximum Gasteiger partial charge on any atom is 0.0282 e. The molecule has 1 rings (SSSR count). The minimum atomic E-state index is 0.840. The van der Waals surface area contributed by atoms with E-state index in [2.05, 4.69) is 17.9 Å². The molecule has 0 N–H and O–H groups in total. The van der Waals surface area contributed by atoms with E-state index in [1.165, 1.54) is 0 Å². The Balaban J connectivity index is 2.68. The fourth-order valence-electron chi connectivity index (χ4n) is 0.386. The molecule has 0 saturated carbocycles. The van der Waals surface area contributed by atoms with Gasteiger partial charge < -0.3 is 0 Å². The second kappa shape index (κ2) is 2.25. The summed E-state index contributed by atoms with van der Waals surface area (Å²) in [5, 5.41) is 0. The number of hydrogen-bond donors (Lipinski definition) is 0. The highest BCUT2D eigenvalue weighted by atomic mass is 13.7. The molecule has 0 unspecified atom stereocenters. The highest BCUT2D eigenvalue weighted by molar-refractivity contribution is 5.22. The standard InChI is InChI=1S/C7H5/c1-2-4-6-7-5-3-1/h1-2,5H,7H2. The predicted octanol–water partition coefficient (Wildman–Crippen LogP) is 1.31. The maximum atomic E-state index is 2.92. The molecule has 0 nitrogen and oxygen atoms in total. The first kappa shape index (κ1) is 4.21. The van der Waals surface area contributed by atoms with Crippen molar-refractivity contribution in [3.8, 4) is 11.8 Å². The quantitative estimate of drug-likeness (QED) is 0.392. The smallest absolute Gasteiger partial charge is 0.0282 e. The molecule has 7 heavy (non-hydrogen) atoms. The van der Waals surface area contributed by atoms with Crippen LogP contribution in [0.4, 0.5) is 0 Å². The van der Waals surface area contributed by atoms with Crippen LogP contribution in [0.1, 0.15) is 6.42 Å². The molecule has 33 valence electrons. The lowest BCUT2D eigenvalue weighted by molar-refractivity contribution is 1.46. The number of hydrogen-bond acceptors (Lipinski definition) is 0. The van der Waals surface area contributed by atoms with Gasteiger partial charge in [-0.25, -0.2) is 0 Å². The Morgan fingerprint density at radius 3 is 3.29 bits per heavy atom. The fraction of sp³-hybridized carbons (Fsp3) is 0.143. The molecule has 0 heterocycles. The van der Waals surface area contributed by atoms with E-state index in [9.17, 15) is 0 Å². The van der Waals surface area contributed by atoms with E-state index in [0.717, 1.165) is 6.42 Å². The first-order valence-electron chi connectivity index (χ1n) is 2.21. The van der Waals surface area contributed by atoms with Gasteiger partial charge in [-0.15, -0.1) is 0 Å². The second-order valence-electron chi connectivity index (χ2n) is 1.23. The maximum absolute atomic E-state index is 2.92. The summed E-state index contributed by atoms with van der Waals surface area (Å²) >= 11 is 0. The van der Waals surface area contributed by atoms with Crippen LogP contribution in [-0.4, -0.2) is 0 Å². The van der Waals surface area contributed by atoms with Crippen molar-refractivity contribution >= 4 is 0 Å². The van der Waals surface area contributed by atoms with Crippen molar-refractivity contribution in [3.05, 3.63) is 24.3 Å². The SMILES string of the molecule is [C]1=CCC#CC=C1. The molecule has 0 fully saturated rings. The fourth-order valence-corrected chi connectivity index (χ4v) is 0.386. The van der Waals surface area contributed by atoms with Crippen LogP contribution in [0.25, 0.3) is 0 Å². The van der Waals surface area contributed by atoms with E-state index >= 15 is 0 Å². The van der Waals surface area contributed by atoms with Crippen molar-refractivity contribution in [2.75, 3.05) is 0 Å². The van der Waals surface area contributed by atoms with Crippen molar-refractivity contribution in [3.63, 3.8) is 0 Å². The number of rotatable bonds is 0. The average molecular weight is 89.1 g/mol. The van der Waals surface area contributed by atoms with Crippen molar-refractivity contribution in [2.45, 2.75) is 6.42 Å². The van der Waals surface area contributed by atoms with Gasteiger partial charge >= 0.3 is 0 Å². The van der Waals surface area contributed by atoms with Crippen molar-refractivity contribution in [2.24, 2.45) is 0 Å². The molecule has 1 radical (unpaired) electrons. The van der Waals surface area contributed by atoms with Crippen LogP contribution in [-0.2, 0) is 0 Å². The average Bonchev–Trinajstić information content (AvgIpc) is 1.90. The lowest BCUT2D eigenvalue weighted by atomic mass is 10.4. The molecule has 0 spiro atoms. The van der Waals surface area contributed by atoms with Gasteiger partial charge in [0, 0.05) is 6.42 Å². The zero-order valence-corrected chi connectivity index (χ0v) is 3.94. The van der Waals surface area contributed by atoms with Crippen LogP contribution in [0, 0.1) is 17.9 Å². The van der Waals surface area contributed by atoms with Crippen molar-refractivity contribution in [1.29, 1.82) is 0 Å². The summed E-state index contributed by atoms with van der Waals surface area (Å²) in [4.78, 5) is 0. The largest absolute Gasteiger partial charge is 0.0943 e. The first-order chi connectivity index (χ1) is 3.50. The van der Waals surface area contributed by atoms with Gasteiger partial charge in [-0.05, 0) is 18.2 Å². The third-order valence-electron chi connectivity index (χ3n) is 0.687. The van der Waals surface area contributed by atoms with E-state index in [0.29, 0.717) is 0 Å². The van der Waals surface area contributed by atoms with Crippen molar-refractivity contribution < 1.29 is 0 Å². The summed E-state index contributed by atoms with van der Waals surface area (Å²) in [6.07, 6.45) is 9.28. The van der Waals surface area contributed by atoms with E-state index in [1.54, 1.807) is 6.08 Å². The zero-order chi connectivity index (χ0) is 4.95. The van der Waals surface area contributed by atoms with Crippen molar-refractivity contribution in [1.82, 2.24) is 0 Å². The van der Waals surface area contributed by atoms with Gasteiger partial charge in [0.25, 0.3) is 0 Å². The van der Waals surface area contributed by atoms with Gasteiger partial charge in [-0.1, -0.05) is 17.9 Å². The molecule has 0 aromatic carbocycles. The normalized spacial score (nSPS) is 14.9. The zero-order valence-electron chi connectivity index (χ0n) is 3.94. The van der Waals surface area contributed by atoms with E-state index < -0.39 is 0 Å². The van der Waals surface area contributed by atoms with Crippen LogP contribution >= 0.6 is 0 Å². The third kappa shape index (κ3) is 1.28. The molecule has 0 aromatic heterocycles. The predicted molar refractivity (Wildman–Crippen MR) is 29.3 cm³/mol. The van der Waals surface area contributed by atoms with Gasteiger partial charge in [0.1, 0.15) is 0 Å². The van der Waals surface area contributed by atoms with Gasteiger partial charge in [0.05, 0.1) is 0 Å². The molecule has 0 aliphatic heterocycles. The second-order valence-corrected chi connectivity index (χ2v) is 1.23. The molecule has 0 aromatic rings. The lowest BCUT2D eigenvalue weighted by Gasteiger charge is -1.64. The summed E-state index contributed by atoms with van der Waals surface area (Å²) in [5.74, 6) is 5.72. The third-order valence-corrected chi connectivity index (χ3v) is 0.687. The molecule has 0 heteroatoms. The number of allylic oxidation sites excluding steroid dienone is 4. The molecule has 1 aliphatic rings. The molecule has 0 bridgehead atoms. The van der Waals surface area contributed by atoms with Gasteiger partial charge in [-0.2, -0.15) is 0 Å². The van der Waals surface area contributed by atoms with Crippen LogP contribution < -0.4 is 0 Å². The van der Waals surface area contributed by atoms with Gasteiger partial charge in [0.2, 0.25) is 0 Å². The molecule has 0 amide bonds. The highest BCUT2D eigenvalue weighted by Gasteiger charge is 1.69. The van der Waals surface area contributed by atoms with Gasteiger partial charge in [-0.3, -0.25) is 0 Å². The van der Waals surface area contributed by atoms with Crippen LogP contribution in [0.5, 0.6) is 0 Å². The summed E-state index contributed by atoms with van der Waals surface area (Å²) in [7, 11) is 0. The topological polar surface area (TPSA) is 0 Å². The highest BCUT2D eigenvalue weighted by Crippen LogP contribution is 1.84. The summed E-state index contributed by atoms with van der Waals surface area (Å²) in [6, 6.07) is 0. The Morgan fingerprint density at radius 2 is 2.29 bits per heavy atom. The molecular formula is C7H5. The molecule has 1 aliphatic carbocycles. The minimum absolute atomic E-state index is 0.840. The molecule has 0 saturated heterocycles. The Hall–Kier alpha value is -0.960. The summed E-state index contributed by atoms with van der Waals surface area (Å²) < 4.78 is 0. The monoisotopic (exact) mass is 89.0 g/mol. The Kier molecular flexibility index (Phi) is 1.35. The van der Waals surface area contributed by atoms with Gasteiger partial charge in [0.15, 0.2) is 0 Å². The Bertz CT molecular complexity index is 151. The van der Waals surface area contributed by atoms with E-state index in [-0.39, 0.29) is 0 Å². The lowest BCUT2D eigenvalue weighted by Crippen LogP contribution is -1.50. The van der Waals surface area contributed by atoms with Crippen LogP contribution in [0.15, 0.2) is 18.2 Å². The molecular weight excluding hydrogens is 84.1 g/mol. The van der Waals surface area contributed by atoms with Crippen LogP contribution in [0.3, 0.4) is 0 Å². The van der Waals surface area contributed by atoms with E-state index in [4.69, 9.17) is 0 Å². The summed E-state index contributed by atoms with van der Waals surface area (Å²) in [5.41, 5.74) is 0. The Morgan fingerprint density at radius 1 is 1.29 bits per heavy atom. The van der Waals surface area contributed by atoms with E-state index in [1.807, 2.05) is 12.2 Å².